The standard InChI is InChI=1S/C20H21N3O3/c24-18-6-5-17(19(25)22-18)23-10-13-7-11(1-4-16(13)20(23)26)12-8-14-2-3-15(9-12)21-14/h1-4,7,12,14-15,17,21H,5-6,8-10H2,(H,22,24,25)/t12?,14-,15+,17?. The van der Waals surface area contributed by atoms with Crippen LogP contribution in [0.2, 0.25) is 0 Å². The van der Waals surface area contributed by atoms with Crippen LogP contribution in [0.3, 0.4) is 0 Å². The molecule has 0 aromatic heterocycles. The van der Waals surface area contributed by atoms with Crippen molar-refractivity contribution in [1.29, 1.82) is 0 Å². The number of nitrogens with zero attached hydrogens (tertiary/aromatic N) is 1. The molecule has 0 aliphatic carbocycles. The first-order valence-corrected chi connectivity index (χ1v) is 9.30. The molecule has 4 heterocycles. The normalized spacial score (nSPS) is 32.8. The molecule has 2 saturated heterocycles. The Bertz CT molecular complexity index is 833. The molecule has 6 nitrogen and oxygen atoms in total. The lowest BCUT2D eigenvalue weighted by Crippen LogP contribution is -2.52. The molecule has 4 aliphatic heterocycles. The van der Waals surface area contributed by atoms with Crippen LogP contribution < -0.4 is 10.6 Å². The maximum Gasteiger partial charge on any atom is 0.255 e. The summed E-state index contributed by atoms with van der Waals surface area (Å²) in [6.07, 6.45) is 7.36. The molecule has 2 unspecified atom stereocenters. The van der Waals surface area contributed by atoms with Crippen LogP contribution >= 0.6 is 0 Å². The highest BCUT2D eigenvalue weighted by Crippen LogP contribution is 2.36. The lowest BCUT2D eigenvalue weighted by Gasteiger charge is -2.30. The Hall–Kier alpha value is -2.47. The minimum absolute atomic E-state index is 0.104. The summed E-state index contributed by atoms with van der Waals surface area (Å²) >= 11 is 0. The zero-order chi connectivity index (χ0) is 17.8. The van der Waals surface area contributed by atoms with Gasteiger partial charge in [0.25, 0.3) is 5.91 Å². The zero-order valence-electron chi connectivity index (χ0n) is 14.4. The molecule has 26 heavy (non-hydrogen) atoms. The molecular formula is C20H21N3O3. The van der Waals surface area contributed by atoms with Crippen LogP contribution in [0, 0.1) is 0 Å². The highest BCUT2D eigenvalue weighted by molar-refractivity contribution is 6.05. The molecule has 2 N–H and O–H groups in total. The summed E-state index contributed by atoms with van der Waals surface area (Å²) in [5.74, 6) is -0.227. The lowest BCUT2D eigenvalue weighted by atomic mass is 9.85. The number of benzene rings is 1. The van der Waals surface area contributed by atoms with Gasteiger partial charge in [0, 0.05) is 30.6 Å². The molecule has 4 aliphatic rings. The van der Waals surface area contributed by atoms with Gasteiger partial charge in [0.1, 0.15) is 6.04 Å². The van der Waals surface area contributed by atoms with Gasteiger partial charge in [-0.3, -0.25) is 19.7 Å². The van der Waals surface area contributed by atoms with Crippen molar-refractivity contribution >= 4 is 17.7 Å². The minimum atomic E-state index is -0.546. The monoisotopic (exact) mass is 351 g/mol. The Balaban J connectivity index is 1.37. The van der Waals surface area contributed by atoms with Gasteiger partial charge in [-0.15, -0.1) is 0 Å². The molecule has 4 atom stereocenters. The summed E-state index contributed by atoms with van der Waals surface area (Å²) in [7, 11) is 0. The average Bonchev–Trinajstić information content (AvgIpc) is 3.13. The number of carbonyl (C=O) groups excluding carboxylic acids is 3. The van der Waals surface area contributed by atoms with E-state index in [1.165, 1.54) is 5.56 Å². The predicted octanol–water partition coefficient (Wildman–Crippen LogP) is 1.22. The van der Waals surface area contributed by atoms with Crippen LogP contribution in [0.4, 0.5) is 0 Å². The van der Waals surface area contributed by atoms with Crippen molar-refractivity contribution in [3.63, 3.8) is 0 Å². The molecule has 0 spiro atoms. The number of fused-ring (bicyclic) bond motifs is 3. The molecule has 5 rings (SSSR count). The van der Waals surface area contributed by atoms with E-state index in [4.69, 9.17) is 0 Å². The van der Waals surface area contributed by atoms with Gasteiger partial charge in [0.15, 0.2) is 0 Å². The zero-order valence-corrected chi connectivity index (χ0v) is 14.4. The third-order valence-corrected chi connectivity index (χ3v) is 6.10. The number of piperidine rings is 2. The van der Waals surface area contributed by atoms with Gasteiger partial charge in [-0.25, -0.2) is 0 Å². The van der Waals surface area contributed by atoms with E-state index in [1.807, 2.05) is 6.07 Å². The van der Waals surface area contributed by atoms with Gasteiger partial charge in [0.05, 0.1) is 0 Å². The van der Waals surface area contributed by atoms with E-state index in [0.29, 0.717) is 36.5 Å². The summed E-state index contributed by atoms with van der Waals surface area (Å²) in [5, 5.41) is 5.91. The second kappa shape index (κ2) is 5.77. The Morgan fingerprint density at radius 3 is 2.54 bits per heavy atom. The van der Waals surface area contributed by atoms with Crippen molar-refractivity contribution < 1.29 is 14.4 Å². The van der Waals surface area contributed by atoms with Crippen LogP contribution in [0.15, 0.2) is 30.4 Å². The summed E-state index contributed by atoms with van der Waals surface area (Å²) in [5.41, 5.74) is 2.96. The van der Waals surface area contributed by atoms with Crippen molar-refractivity contribution in [3.8, 4) is 0 Å². The highest BCUT2D eigenvalue weighted by Gasteiger charge is 2.39. The van der Waals surface area contributed by atoms with Crippen molar-refractivity contribution in [3.05, 3.63) is 47.0 Å². The number of hydrogen-bond donors (Lipinski definition) is 2. The fourth-order valence-corrected chi connectivity index (χ4v) is 4.78. The van der Waals surface area contributed by atoms with E-state index in [1.54, 1.807) is 4.90 Å². The molecule has 0 radical (unpaired) electrons. The van der Waals surface area contributed by atoms with Crippen LogP contribution in [-0.2, 0) is 16.1 Å². The number of amides is 3. The van der Waals surface area contributed by atoms with Gasteiger partial charge < -0.3 is 10.2 Å². The van der Waals surface area contributed by atoms with E-state index in [2.05, 4.69) is 34.9 Å². The molecule has 3 amide bonds. The molecule has 1 aromatic carbocycles. The fraction of sp³-hybridized carbons (Fsp3) is 0.450. The van der Waals surface area contributed by atoms with E-state index in [-0.39, 0.29) is 24.1 Å². The predicted molar refractivity (Wildman–Crippen MR) is 94.3 cm³/mol. The second-order valence-electron chi connectivity index (χ2n) is 7.75. The number of imide groups is 1. The number of hydrogen-bond acceptors (Lipinski definition) is 4. The fourth-order valence-electron chi connectivity index (χ4n) is 4.78. The second-order valence-corrected chi connectivity index (χ2v) is 7.75. The molecule has 1 aromatic rings. The third kappa shape index (κ3) is 2.48. The molecule has 0 saturated carbocycles. The Kier molecular flexibility index (Phi) is 3.50. The molecular weight excluding hydrogens is 330 g/mol. The van der Waals surface area contributed by atoms with Gasteiger partial charge in [-0.1, -0.05) is 24.3 Å². The molecule has 6 heteroatoms. The van der Waals surface area contributed by atoms with E-state index >= 15 is 0 Å². The quantitative estimate of drug-likeness (QED) is 0.620. The van der Waals surface area contributed by atoms with E-state index in [9.17, 15) is 14.4 Å². The maximum absolute atomic E-state index is 12.8. The van der Waals surface area contributed by atoms with Crippen LogP contribution in [0.25, 0.3) is 0 Å². The van der Waals surface area contributed by atoms with Gasteiger partial charge in [0.2, 0.25) is 11.8 Å². The summed E-state index contributed by atoms with van der Waals surface area (Å²) < 4.78 is 0. The summed E-state index contributed by atoms with van der Waals surface area (Å²) in [6.45, 7) is 0.449. The molecule has 2 bridgehead atoms. The molecule has 2 fully saturated rings. The maximum atomic E-state index is 12.8. The average molecular weight is 351 g/mol. The third-order valence-electron chi connectivity index (χ3n) is 6.10. The van der Waals surface area contributed by atoms with E-state index < -0.39 is 6.04 Å². The number of nitrogens with one attached hydrogen (secondary N) is 2. The Labute approximate surface area is 151 Å². The Morgan fingerprint density at radius 1 is 1.04 bits per heavy atom. The largest absolute Gasteiger partial charge is 0.322 e. The van der Waals surface area contributed by atoms with Crippen LogP contribution in [0.1, 0.15) is 53.1 Å². The smallest absolute Gasteiger partial charge is 0.255 e. The van der Waals surface area contributed by atoms with E-state index in [0.717, 1.165) is 18.4 Å². The van der Waals surface area contributed by atoms with Gasteiger partial charge in [-0.2, -0.15) is 0 Å². The van der Waals surface area contributed by atoms with Crippen LogP contribution in [0.5, 0.6) is 0 Å². The molecule has 134 valence electrons. The first-order chi connectivity index (χ1) is 12.6. The first kappa shape index (κ1) is 15.8. The summed E-state index contributed by atoms with van der Waals surface area (Å²) in [4.78, 5) is 37.9. The van der Waals surface area contributed by atoms with Crippen molar-refractivity contribution in [2.45, 2.75) is 56.3 Å². The summed E-state index contributed by atoms with van der Waals surface area (Å²) in [6, 6.07) is 6.49. The lowest BCUT2D eigenvalue weighted by molar-refractivity contribution is -0.136. The first-order valence-electron chi connectivity index (χ1n) is 9.30. The number of rotatable bonds is 2. The minimum Gasteiger partial charge on any atom is -0.322 e. The van der Waals surface area contributed by atoms with Crippen molar-refractivity contribution in [1.82, 2.24) is 15.5 Å². The Morgan fingerprint density at radius 2 is 1.81 bits per heavy atom. The highest BCUT2D eigenvalue weighted by atomic mass is 16.2. The van der Waals surface area contributed by atoms with Gasteiger partial charge >= 0.3 is 0 Å². The number of carbonyl (C=O) groups is 3. The van der Waals surface area contributed by atoms with Crippen LogP contribution in [-0.4, -0.2) is 40.7 Å². The van der Waals surface area contributed by atoms with Gasteiger partial charge in [-0.05, 0) is 42.4 Å². The SMILES string of the molecule is O=C1CCC(N2Cc3cc(C4C[C@H]5C=C[C@@H](C4)N5)ccc3C2=O)C(=O)N1. The van der Waals surface area contributed by atoms with Crippen molar-refractivity contribution in [2.75, 3.05) is 0 Å². The van der Waals surface area contributed by atoms with Crippen molar-refractivity contribution in [2.24, 2.45) is 0 Å². The topological polar surface area (TPSA) is 78.5 Å².